The molecule has 2 heterocycles. The second kappa shape index (κ2) is 20.0. The van der Waals surface area contributed by atoms with Crippen molar-refractivity contribution in [3.8, 4) is 0 Å². The number of benzene rings is 2. The molecule has 248 valence electrons. The molecule has 1 unspecified atom stereocenters. The van der Waals surface area contributed by atoms with Crippen molar-refractivity contribution in [2.24, 2.45) is 0 Å². The van der Waals surface area contributed by atoms with Crippen molar-refractivity contribution in [3.05, 3.63) is 125 Å². The Morgan fingerprint density at radius 1 is 1.17 bits per heavy atom. The summed E-state index contributed by atoms with van der Waals surface area (Å²) in [5.74, 6) is 2.14. The number of nitrogens with zero attached hydrogens (tertiary/aromatic N) is 5. The molecule has 0 aliphatic heterocycles. The fourth-order valence-corrected chi connectivity index (χ4v) is 6.67. The molecule has 16 heteroatoms. The van der Waals surface area contributed by atoms with Gasteiger partial charge < -0.3 is 24.8 Å². The molecule has 4 aromatic rings. The largest absolute Gasteiger partial charge is 0.370 e. The number of rotatable bonds is 16. The van der Waals surface area contributed by atoms with E-state index in [-0.39, 0.29) is 6.10 Å². The first-order valence-electron chi connectivity index (χ1n) is 13.9. The van der Waals surface area contributed by atoms with Gasteiger partial charge in [-0.15, -0.1) is 11.3 Å². The number of hydrogen-bond acceptors (Lipinski definition) is 10. The second-order valence-corrected chi connectivity index (χ2v) is 13.7. The molecule has 2 N–H and O–H groups in total. The number of thioether (sulfide) groups is 1. The zero-order valence-electron chi connectivity index (χ0n) is 25.5. The predicted molar refractivity (Wildman–Crippen MR) is 190 cm³/mol. The molecule has 2 aromatic heterocycles. The van der Waals surface area contributed by atoms with E-state index in [2.05, 4.69) is 30.9 Å². The number of nitro groups is 1. The predicted octanol–water partition coefficient (Wildman–Crippen LogP) is 7.78. The monoisotopic (exact) mass is 745 g/mol. The van der Waals surface area contributed by atoms with Gasteiger partial charge in [0.15, 0.2) is 5.82 Å². The van der Waals surface area contributed by atoms with E-state index in [1.807, 2.05) is 37.0 Å². The second-order valence-electron chi connectivity index (χ2n) is 9.99. The van der Waals surface area contributed by atoms with Crippen molar-refractivity contribution in [2.75, 3.05) is 33.4 Å². The summed E-state index contributed by atoms with van der Waals surface area (Å²) >= 11 is 28.0. The van der Waals surface area contributed by atoms with E-state index < -0.39 is 4.92 Å². The standard InChI is InChI=1S/C18H14Cl4N2O.C12H21N5O2S2/c19-13-2-1-12(16(21)7-13)10-25-18(9-24-6-5-23-11-24)15-4-3-14(20)8-17(15)22;1-13-11(6-17(18)19)14-4-5-20-8-10-9-21-12(15-10)7-16(2)3/h1-8,11,18H,9-10H2;6,9,13-14H,4-5,7-8H2,1-3H3/b;11-6-. The minimum Gasteiger partial charge on any atom is -0.370 e. The highest BCUT2D eigenvalue weighted by Crippen LogP contribution is 2.31. The van der Waals surface area contributed by atoms with E-state index in [0.717, 1.165) is 46.1 Å². The van der Waals surface area contributed by atoms with Crippen molar-refractivity contribution in [1.82, 2.24) is 30.1 Å². The molecule has 46 heavy (non-hydrogen) atoms. The molecule has 0 aliphatic rings. The zero-order chi connectivity index (χ0) is 33.5. The van der Waals surface area contributed by atoms with Crippen molar-refractivity contribution in [2.45, 2.75) is 31.6 Å². The van der Waals surface area contributed by atoms with Crippen molar-refractivity contribution in [3.63, 3.8) is 0 Å². The maximum absolute atomic E-state index is 10.4. The van der Waals surface area contributed by atoms with Gasteiger partial charge in [-0.2, -0.15) is 11.8 Å². The summed E-state index contributed by atoms with van der Waals surface area (Å²) in [4.78, 5) is 20.6. The van der Waals surface area contributed by atoms with E-state index in [1.54, 1.807) is 66.9 Å². The van der Waals surface area contributed by atoms with Gasteiger partial charge in [-0.1, -0.05) is 58.5 Å². The molecule has 2 aromatic carbocycles. The maximum atomic E-state index is 10.4. The van der Waals surface area contributed by atoms with Gasteiger partial charge in [-0.05, 0) is 43.9 Å². The van der Waals surface area contributed by atoms with Crippen LogP contribution in [0.15, 0.2) is 72.5 Å². The molecular formula is C30H35Cl4N7O3S2. The van der Waals surface area contributed by atoms with Crippen LogP contribution in [0.2, 0.25) is 20.1 Å². The lowest BCUT2D eigenvalue weighted by Crippen LogP contribution is -2.26. The molecule has 0 radical (unpaired) electrons. The van der Waals surface area contributed by atoms with E-state index in [0.29, 0.717) is 45.6 Å². The number of imidazole rings is 1. The third-order valence-electron chi connectivity index (χ3n) is 6.07. The van der Waals surface area contributed by atoms with Gasteiger partial charge in [0.2, 0.25) is 0 Å². The van der Waals surface area contributed by atoms with E-state index in [1.165, 1.54) is 0 Å². The number of halogens is 4. The fraction of sp³-hybridized carbons (Fsp3) is 0.333. The van der Waals surface area contributed by atoms with Crippen molar-refractivity contribution in [1.29, 1.82) is 0 Å². The number of aromatic nitrogens is 3. The molecule has 4 rings (SSSR count). The molecule has 0 aliphatic carbocycles. The molecule has 0 spiro atoms. The van der Waals surface area contributed by atoms with Gasteiger partial charge in [0.05, 0.1) is 30.1 Å². The van der Waals surface area contributed by atoms with Gasteiger partial charge in [-0.25, -0.2) is 9.97 Å². The zero-order valence-corrected chi connectivity index (χ0v) is 30.1. The average Bonchev–Trinajstić information content (AvgIpc) is 3.67. The summed E-state index contributed by atoms with van der Waals surface area (Å²) in [7, 11) is 5.70. The highest BCUT2D eigenvalue weighted by molar-refractivity contribution is 7.98. The lowest BCUT2D eigenvalue weighted by Gasteiger charge is -2.21. The highest BCUT2D eigenvalue weighted by atomic mass is 35.5. The Labute approximate surface area is 297 Å². The van der Waals surface area contributed by atoms with Crippen LogP contribution in [0, 0.1) is 10.1 Å². The average molecular weight is 748 g/mol. The Kier molecular flexibility index (Phi) is 16.4. The first kappa shape index (κ1) is 37.9. The van der Waals surface area contributed by atoms with E-state index in [9.17, 15) is 10.1 Å². The number of thiazole rings is 1. The van der Waals surface area contributed by atoms with Crippen LogP contribution in [0.1, 0.15) is 27.9 Å². The lowest BCUT2D eigenvalue weighted by atomic mass is 10.1. The number of hydrogen-bond donors (Lipinski definition) is 2. The van der Waals surface area contributed by atoms with E-state index >= 15 is 0 Å². The summed E-state index contributed by atoms with van der Waals surface area (Å²) in [6.45, 7) is 2.43. The van der Waals surface area contributed by atoms with Crippen LogP contribution in [0.5, 0.6) is 0 Å². The fourth-order valence-electron chi connectivity index (χ4n) is 3.92. The molecule has 1 atom stereocenters. The van der Waals surface area contributed by atoms with Crippen LogP contribution < -0.4 is 10.6 Å². The summed E-state index contributed by atoms with van der Waals surface area (Å²) in [5.41, 5.74) is 2.80. The van der Waals surface area contributed by atoms with Gasteiger partial charge in [0.25, 0.3) is 6.20 Å². The first-order valence-corrected chi connectivity index (χ1v) is 17.5. The van der Waals surface area contributed by atoms with Crippen molar-refractivity contribution < 1.29 is 9.66 Å². The summed E-state index contributed by atoms with van der Waals surface area (Å²) < 4.78 is 8.05. The minimum absolute atomic E-state index is 0.286. The van der Waals surface area contributed by atoms with Crippen LogP contribution in [-0.2, 0) is 30.2 Å². The quantitative estimate of drug-likeness (QED) is 0.0675. The Morgan fingerprint density at radius 2 is 1.91 bits per heavy atom. The molecule has 0 fully saturated rings. The summed E-state index contributed by atoms with van der Waals surface area (Å²) in [6, 6.07) is 10.7. The summed E-state index contributed by atoms with van der Waals surface area (Å²) in [6.07, 6.45) is 5.96. The van der Waals surface area contributed by atoms with Crippen LogP contribution in [-0.4, -0.2) is 57.8 Å². The smallest absolute Gasteiger partial charge is 0.274 e. The molecule has 0 amide bonds. The topological polar surface area (TPSA) is 110 Å². The third kappa shape index (κ3) is 13.7. The molecular weight excluding hydrogens is 712 g/mol. The Bertz CT molecular complexity index is 1560. The molecule has 0 saturated heterocycles. The Morgan fingerprint density at radius 3 is 2.54 bits per heavy atom. The maximum Gasteiger partial charge on any atom is 0.274 e. The van der Waals surface area contributed by atoms with Crippen molar-refractivity contribution >= 4 is 69.5 Å². The SMILES string of the molecule is CN/C(=C/[N+](=O)[O-])NCCSCc1csc(CN(C)C)n1.Clc1ccc(COC(Cn2ccnc2)c2ccc(Cl)cc2Cl)c(Cl)c1. The first-order chi connectivity index (χ1) is 22.0. The van der Waals surface area contributed by atoms with Gasteiger partial charge >= 0.3 is 0 Å². The highest BCUT2D eigenvalue weighted by Gasteiger charge is 2.18. The molecule has 0 bridgehead atoms. The minimum atomic E-state index is -0.479. The third-order valence-corrected chi connectivity index (χ3v) is 9.09. The molecule has 10 nitrogen and oxygen atoms in total. The molecule has 0 saturated carbocycles. The van der Waals surface area contributed by atoms with Crippen LogP contribution in [0.3, 0.4) is 0 Å². The van der Waals surface area contributed by atoms with Gasteiger partial charge in [-0.3, -0.25) is 10.1 Å². The Hall–Kier alpha value is -2.55. The van der Waals surface area contributed by atoms with E-state index in [4.69, 9.17) is 51.1 Å². The van der Waals surface area contributed by atoms with Crippen LogP contribution >= 0.6 is 69.5 Å². The van der Waals surface area contributed by atoms with Gasteiger partial charge in [0, 0.05) is 75.1 Å². The number of nitrogens with one attached hydrogen (secondary N) is 2. The number of ether oxygens (including phenoxy) is 1. The van der Waals surface area contributed by atoms with Crippen LogP contribution in [0.25, 0.3) is 0 Å². The van der Waals surface area contributed by atoms with Gasteiger partial charge in [0.1, 0.15) is 11.1 Å². The van der Waals surface area contributed by atoms with Crippen LogP contribution in [0.4, 0.5) is 0 Å². The lowest BCUT2D eigenvalue weighted by molar-refractivity contribution is -0.404. The Balaban J connectivity index is 0.000000255. The summed E-state index contributed by atoms with van der Waals surface area (Å²) in [5, 5.41) is 21.6. The normalized spacial score (nSPS) is 12.0.